The molecule has 1 aromatic heterocycles. The van der Waals surface area contributed by atoms with E-state index in [-0.39, 0.29) is 6.10 Å². The molecule has 0 unspecified atom stereocenters. The molecule has 90 valence electrons. The highest BCUT2D eigenvalue weighted by Gasteiger charge is 2.18. The first-order valence-electron chi connectivity index (χ1n) is 6.14. The van der Waals surface area contributed by atoms with Crippen molar-refractivity contribution in [1.82, 2.24) is 15.1 Å². The summed E-state index contributed by atoms with van der Waals surface area (Å²) in [5.74, 6) is 0. The fourth-order valence-corrected chi connectivity index (χ4v) is 2.25. The molecule has 4 heteroatoms. The van der Waals surface area contributed by atoms with E-state index in [4.69, 9.17) is 0 Å². The van der Waals surface area contributed by atoms with E-state index in [0.29, 0.717) is 6.04 Å². The second-order valence-electron chi connectivity index (χ2n) is 4.74. The molecule has 1 aliphatic rings. The van der Waals surface area contributed by atoms with Crippen LogP contribution in [0.15, 0.2) is 12.4 Å². The Bertz CT molecular complexity index is 316. The molecule has 1 aliphatic carbocycles. The molecule has 0 aromatic carbocycles. The molecule has 1 fully saturated rings. The summed E-state index contributed by atoms with van der Waals surface area (Å²) < 4.78 is 1.97. The third kappa shape index (κ3) is 3.32. The number of hydrogen-bond acceptors (Lipinski definition) is 3. The van der Waals surface area contributed by atoms with Gasteiger partial charge in [0.2, 0.25) is 0 Å². The zero-order chi connectivity index (χ0) is 11.4. The summed E-state index contributed by atoms with van der Waals surface area (Å²) in [4.78, 5) is 0. The lowest BCUT2D eigenvalue weighted by molar-refractivity contribution is 0.116. The number of nitrogens with one attached hydrogen (secondary N) is 1. The highest BCUT2D eigenvalue weighted by Crippen LogP contribution is 2.17. The highest BCUT2D eigenvalue weighted by molar-refractivity contribution is 4.99. The van der Waals surface area contributed by atoms with Crippen LogP contribution in [0.5, 0.6) is 0 Å². The van der Waals surface area contributed by atoms with Crippen molar-refractivity contribution in [3.05, 3.63) is 18.0 Å². The fourth-order valence-electron chi connectivity index (χ4n) is 2.25. The smallest absolute Gasteiger partial charge is 0.0541 e. The molecule has 0 amide bonds. The molecule has 2 N–H and O–H groups in total. The van der Waals surface area contributed by atoms with Gasteiger partial charge in [0, 0.05) is 18.8 Å². The first kappa shape index (κ1) is 11.6. The van der Waals surface area contributed by atoms with Crippen molar-refractivity contribution in [2.75, 3.05) is 6.54 Å². The van der Waals surface area contributed by atoms with Crippen LogP contribution in [0.2, 0.25) is 0 Å². The van der Waals surface area contributed by atoms with E-state index in [0.717, 1.165) is 38.8 Å². The molecule has 1 heterocycles. The molecule has 0 atom stereocenters. The maximum absolute atomic E-state index is 9.39. The van der Waals surface area contributed by atoms with Gasteiger partial charge in [-0.3, -0.25) is 4.68 Å². The summed E-state index contributed by atoms with van der Waals surface area (Å²) >= 11 is 0. The van der Waals surface area contributed by atoms with E-state index in [1.807, 2.05) is 10.9 Å². The molecule has 0 bridgehead atoms. The molecule has 1 saturated carbocycles. The average Bonchev–Trinajstić information content (AvgIpc) is 2.67. The van der Waals surface area contributed by atoms with Crippen LogP contribution in [-0.2, 0) is 6.54 Å². The summed E-state index contributed by atoms with van der Waals surface area (Å²) in [6.45, 7) is 3.94. The maximum atomic E-state index is 9.39. The molecule has 0 spiro atoms. The first-order chi connectivity index (χ1) is 7.74. The lowest BCUT2D eigenvalue weighted by Gasteiger charge is -2.26. The summed E-state index contributed by atoms with van der Waals surface area (Å²) in [5.41, 5.74) is 1.21. The maximum Gasteiger partial charge on any atom is 0.0541 e. The predicted octanol–water partition coefficient (Wildman–Crippen LogP) is 1.08. The Labute approximate surface area is 96.7 Å². The summed E-state index contributed by atoms with van der Waals surface area (Å²) in [6.07, 6.45) is 7.96. The molecular formula is C12H21N3O. The number of aryl methyl sites for hydroxylation is 1. The Kier molecular flexibility index (Phi) is 3.96. The predicted molar refractivity (Wildman–Crippen MR) is 63.2 cm³/mol. The first-order valence-corrected chi connectivity index (χ1v) is 6.14. The van der Waals surface area contributed by atoms with Gasteiger partial charge in [-0.25, -0.2) is 0 Å². The standard InChI is InChI=1S/C12H21N3O/c1-10-8-14-15(9-10)7-6-13-11-2-4-12(16)5-3-11/h8-9,11-13,16H,2-7H2,1H3. The number of hydrogen-bond donors (Lipinski definition) is 2. The Hall–Kier alpha value is -0.870. The molecule has 4 nitrogen and oxygen atoms in total. The summed E-state index contributed by atoms with van der Waals surface area (Å²) in [5, 5.41) is 17.2. The highest BCUT2D eigenvalue weighted by atomic mass is 16.3. The van der Waals surface area contributed by atoms with Crippen molar-refractivity contribution >= 4 is 0 Å². The van der Waals surface area contributed by atoms with Gasteiger partial charge in [0.25, 0.3) is 0 Å². The van der Waals surface area contributed by atoms with Crippen LogP contribution in [0.4, 0.5) is 0 Å². The zero-order valence-corrected chi connectivity index (χ0v) is 9.89. The third-order valence-corrected chi connectivity index (χ3v) is 3.23. The normalized spacial score (nSPS) is 25.9. The number of aromatic nitrogens is 2. The minimum Gasteiger partial charge on any atom is -0.393 e. The van der Waals surface area contributed by atoms with Crippen molar-refractivity contribution in [2.45, 2.75) is 51.3 Å². The SMILES string of the molecule is Cc1cnn(CCNC2CCC(O)CC2)c1. The van der Waals surface area contributed by atoms with Crippen LogP contribution < -0.4 is 5.32 Å². The van der Waals surface area contributed by atoms with E-state index < -0.39 is 0 Å². The molecule has 1 aromatic rings. The van der Waals surface area contributed by atoms with Crippen molar-refractivity contribution in [2.24, 2.45) is 0 Å². The van der Waals surface area contributed by atoms with Crippen LogP contribution in [-0.4, -0.2) is 33.6 Å². The van der Waals surface area contributed by atoms with E-state index in [2.05, 4.69) is 23.5 Å². The van der Waals surface area contributed by atoms with E-state index >= 15 is 0 Å². The Balaban J connectivity index is 1.64. The van der Waals surface area contributed by atoms with Crippen LogP contribution in [0.25, 0.3) is 0 Å². The topological polar surface area (TPSA) is 50.1 Å². The molecule has 0 radical (unpaired) electrons. The quantitative estimate of drug-likeness (QED) is 0.803. The van der Waals surface area contributed by atoms with Gasteiger partial charge in [0.1, 0.15) is 0 Å². The van der Waals surface area contributed by atoms with Crippen molar-refractivity contribution in [3.8, 4) is 0 Å². The van der Waals surface area contributed by atoms with Gasteiger partial charge in [0.05, 0.1) is 18.8 Å². The van der Waals surface area contributed by atoms with Crippen LogP contribution in [0.3, 0.4) is 0 Å². The Morgan fingerprint density at radius 2 is 2.19 bits per heavy atom. The summed E-state index contributed by atoms with van der Waals surface area (Å²) in [7, 11) is 0. The Morgan fingerprint density at radius 1 is 1.44 bits per heavy atom. The third-order valence-electron chi connectivity index (χ3n) is 3.23. The zero-order valence-electron chi connectivity index (χ0n) is 9.89. The number of rotatable bonds is 4. The largest absolute Gasteiger partial charge is 0.393 e. The van der Waals surface area contributed by atoms with Crippen LogP contribution in [0.1, 0.15) is 31.2 Å². The van der Waals surface area contributed by atoms with Gasteiger partial charge in [-0.1, -0.05) is 0 Å². The lowest BCUT2D eigenvalue weighted by Crippen LogP contribution is -2.36. The van der Waals surface area contributed by atoms with Gasteiger partial charge >= 0.3 is 0 Å². The number of nitrogens with zero attached hydrogens (tertiary/aromatic N) is 2. The monoisotopic (exact) mass is 223 g/mol. The minimum absolute atomic E-state index is 0.0631. The van der Waals surface area contributed by atoms with Crippen molar-refractivity contribution < 1.29 is 5.11 Å². The second kappa shape index (κ2) is 5.46. The lowest BCUT2D eigenvalue weighted by atomic mass is 9.93. The van der Waals surface area contributed by atoms with Gasteiger partial charge in [-0.05, 0) is 38.2 Å². The van der Waals surface area contributed by atoms with Crippen LogP contribution >= 0.6 is 0 Å². The number of aliphatic hydroxyl groups excluding tert-OH is 1. The second-order valence-corrected chi connectivity index (χ2v) is 4.74. The van der Waals surface area contributed by atoms with E-state index in [9.17, 15) is 5.11 Å². The fraction of sp³-hybridized carbons (Fsp3) is 0.750. The van der Waals surface area contributed by atoms with Gasteiger partial charge in [-0.2, -0.15) is 5.10 Å². The molecule has 0 aliphatic heterocycles. The molecule has 16 heavy (non-hydrogen) atoms. The van der Waals surface area contributed by atoms with Crippen molar-refractivity contribution in [3.63, 3.8) is 0 Å². The van der Waals surface area contributed by atoms with E-state index in [1.54, 1.807) is 0 Å². The average molecular weight is 223 g/mol. The minimum atomic E-state index is -0.0631. The number of aliphatic hydroxyl groups is 1. The van der Waals surface area contributed by atoms with Gasteiger partial charge in [-0.15, -0.1) is 0 Å². The van der Waals surface area contributed by atoms with Crippen molar-refractivity contribution in [1.29, 1.82) is 0 Å². The Morgan fingerprint density at radius 3 is 2.81 bits per heavy atom. The molecular weight excluding hydrogens is 202 g/mol. The van der Waals surface area contributed by atoms with Gasteiger partial charge in [0.15, 0.2) is 0 Å². The van der Waals surface area contributed by atoms with Crippen LogP contribution in [0, 0.1) is 6.92 Å². The molecule has 2 rings (SSSR count). The van der Waals surface area contributed by atoms with Gasteiger partial charge < -0.3 is 10.4 Å². The van der Waals surface area contributed by atoms with E-state index in [1.165, 1.54) is 5.56 Å². The molecule has 0 saturated heterocycles. The summed E-state index contributed by atoms with van der Waals surface area (Å²) in [6, 6.07) is 0.583.